The number of para-hydroxylation sites is 1. The summed E-state index contributed by atoms with van der Waals surface area (Å²) in [6.07, 6.45) is 0. The number of rotatable bonds is 5. The average Bonchev–Trinajstić information content (AvgIpc) is 3.49. The molecule has 0 saturated carbocycles. The summed E-state index contributed by atoms with van der Waals surface area (Å²) >= 11 is 0. The van der Waals surface area contributed by atoms with Crippen molar-refractivity contribution in [3.63, 3.8) is 0 Å². The monoisotopic (exact) mass is 600 g/mol. The first-order valence-electron chi connectivity index (χ1n) is 15.1. The number of nitriles is 1. The molecule has 0 unspecified atom stereocenters. The molecule has 0 bridgehead atoms. The van der Waals surface area contributed by atoms with Gasteiger partial charge < -0.3 is 4.57 Å². The van der Waals surface area contributed by atoms with Gasteiger partial charge in [-0.2, -0.15) is 5.26 Å². The van der Waals surface area contributed by atoms with Crippen LogP contribution in [0.25, 0.3) is 77.6 Å². The smallest absolute Gasteiger partial charge is 0.188 e. The summed E-state index contributed by atoms with van der Waals surface area (Å²) in [7, 11) is 0. The molecule has 0 aliphatic carbocycles. The molecule has 0 spiro atoms. The molecule has 0 fully saturated rings. The number of fused-ring (bicyclic) bond motifs is 3. The number of aromatic nitrogens is 4. The lowest BCUT2D eigenvalue weighted by Gasteiger charge is -2.12. The summed E-state index contributed by atoms with van der Waals surface area (Å²) in [5, 5.41) is 11.7. The first kappa shape index (κ1) is 27.6. The van der Waals surface area contributed by atoms with E-state index in [2.05, 4.69) is 45.8 Å². The molecule has 2 aromatic heterocycles. The topological polar surface area (TPSA) is 71.8 Å². The molecular weight excluding hydrogens is 576 g/mol. The summed E-state index contributed by atoms with van der Waals surface area (Å²) < 4.78 is 2.22. The van der Waals surface area contributed by atoms with E-state index in [1.54, 1.807) is 0 Å². The van der Waals surface area contributed by atoms with Crippen LogP contribution in [0, 0.1) is 17.9 Å². The SMILES string of the molecule is [C-]#[N+]c1cc(-c2cccc(-n3c4ccccc4c4cc(C#N)ccc43)c2)cc(-c2nc(-c3ccccc3)nc(-c3ccccc3)n2)c1. The fraction of sp³-hybridized carbons (Fsp3) is 0. The summed E-state index contributed by atoms with van der Waals surface area (Å²) in [6, 6.07) is 50.1. The first-order chi connectivity index (χ1) is 23.2. The minimum atomic E-state index is 0.492. The van der Waals surface area contributed by atoms with E-state index in [1.165, 1.54) is 0 Å². The van der Waals surface area contributed by atoms with Crippen molar-refractivity contribution in [3.05, 3.63) is 163 Å². The van der Waals surface area contributed by atoms with E-state index in [0.29, 0.717) is 28.7 Å². The van der Waals surface area contributed by atoms with Gasteiger partial charge in [0, 0.05) is 33.2 Å². The first-order valence-corrected chi connectivity index (χ1v) is 15.1. The predicted octanol–water partition coefficient (Wildman–Crippen LogP) is 10.1. The van der Waals surface area contributed by atoms with Gasteiger partial charge in [-0.3, -0.25) is 0 Å². The zero-order chi connectivity index (χ0) is 31.7. The van der Waals surface area contributed by atoms with Crippen molar-refractivity contribution >= 4 is 27.5 Å². The Morgan fingerprint density at radius 1 is 0.511 bits per heavy atom. The number of hydrogen-bond donors (Lipinski definition) is 0. The highest BCUT2D eigenvalue weighted by atomic mass is 15.0. The number of benzene rings is 6. The highest BCUT2D eigenvalue weighted by molar-refractivity contribution is 6.09. The zero-order valence-corrected chi connectivity index (χ0v) is 25.0. The Kier molecular flexibility index (Phi) is 6.80. The third kappa shape index (κ3) is 5.07. The summed E-state index contributed by atoms with van der Waals surface area (Å²) in [4.78, 5) is 18.4. The van der Waals surface area contributed by atoms with Crippen LogP contribution in [-0.4, -0.2) is 19.5 Å². The molecule has 0 saturated heterocycles. The Labute approximate surface area is 271 Å². The van der Waals surface area contributed by atoms with Crippen molar-refractivity contribution in [1.82, 2.24) is 19.5 Å². The highest BCUT2D eigenvalue weighted by Crippen LogP contribution is 2.36. The fourth-order valence-corrected chi connectivity index (χ4v) is 6.05. The van der Waals surface area contributed by atoms with E-state index in [9.17, 15) is 5.26 Å². The molecule has 2 heterocycles. The maximum absolute atomic E-state index is 9.56. The molecule has 6 nitrogen and oxygen atoms in total. The van der Waals surface area contributed by atoms with Gasteiger partial charge in [-0.05, 0) is 65.7 Å². The molecule has 0 amide bonds. The maximum atomic E-state index is 9.56. The van der Waals surface area contributed by atoms with E-state index in [-0.39, 0.29) is 0 Å². The minimum Gasteiger partial charge on any atom is -0.309 e. The van der Waals surface area contributed by atoms with Gasteiger partial charge in [-0.25, -0.2) is 19.8 Å². The van der Waals surface area contributed by atoms with E-state index >= 15 is 0 Å². The average molecular weight is 601 g/mol. The second kappa shape index (κ2) is 11.6. The van der Waals surface area contributed by atoms with Crippen LogP contribution >= 0.6 is 0 Å². The third-order valence-corrected chi connectivity index (χ3v) is 8.24. The lowest BCUT2D eigenvalue weighted by atomic mass is 10.0. The molecule has 6 aromatic carbocycles. The van der Waals surface area contributed by atoms with Crippen LogP contribution in [0.5, 0.6) is 0 Å². The van der Waals surface area contributed by atoms with Crippen molar-refractivity contribution in [1.29, 1.82) is 5.26 Å². The Morgan fingerprint density at radius 2 is 1.11 bits per heavy atom. The van der Waals surface area contributed by atoms with E-state index < -0.39 is 0 Å². The second-order valence-corrected chi connectivity index (χ2v) is 11.2. The highest BCUT2D eigenvalue weighted by Gasteiger charge is 2.16. The molecule has 218 valence electrons. The maximum Gasteiger partial charge on any atom is 0.188 e. The molecular formula is C41H24N6. The Bertz CT molecular complexity index is 2480. The van der Waals surface area contributed by atoms with Gasteiger partial charge in [0.25, 0.3) is 0 Å². The Morgan fingerprint density at radius 3 is 1.79 bits per heavy atom. The van der Waals surface area contributed by atoms with Crippen LogP contribution in [0.2, 0.25) is 0 Å². The molecule has 0 N–H and O–H groups in total. The molecule has 0 aliphatic heterocycles. The Hall–Kier alpha value is -6.89. The van der Waals surface area contributed by atoms with Crippen LogP contribution in [-0.2, 0) is 0 Å². The molecule has 0 radical (unpaired) electrons. The molecule has 8 aromatic rings. The van der Waals surface area contributed by atoms with Gasteiger partial charge in [-0.1, -0.05) is 91.0 Å². The lowest BCUT2D eigenvalue weighted by Crippen LogP contribution is -2.00. The van der Waals surface area contributed by atoms with Crippen LogP contribution in [0.15, 0.2) is 146 Å². The van der Waals surface area contributed by atoms with Crippen molar-refractivity contribution in [3.8, 4) is 57.0 Å². The molecule has 0 aliphatic rings. The molecule has 6 heteroatoms. The van der Waals surface area contributed by atoms with Crippen molar-refractivity contribution in [2.45, 2.75) is 0 Å². The standard InChI is InChI=1S/C41H24N6/c1-43-33-23-31(22-32(24-33)41-45-39(28-11-4-2-5-12-28)44-40(46-41)29-13-6-3-7-14-29)30-15-10-16-34(25-30)47-37-18-9-8-17-35(37)36-21-27(26-42)19-20-38(36)47/h2-25H. The van der Waals surface area contributed by atoms with Crippen molar-refractivity contribution < 1.29 is 0 Å². The van der Waals surface area contributed by atoms with Crippen LogP contribution in [0.3, 0.4) is 0 Å². The lowest BCUT2D eigenvalue weighted by molar-refractivity contribution is 1.07. The van der Waals surface area contributed by atoms with Crippen molar-refractivity contribution in [2.24, 2.45) is 0 Å². The van der Waals surface area contributed by atoms with Gasteiger partial charge in [0.05, 0.1) is 29.2 Å². The van der Waals surface area contributed by atoms with Gasteiger partial charge >= 0.3 is 0 Å². The zero-order valence-electron chi connectivity index (χ0n) is 25.0. The van der Waals surface area contributed by atoms with Gasteiger partial charge in [0.2, 0.25) is 0 Å². The van der Waals surface area contributed by atoms with E-state index in [0.717, 1.165) is 55.3 Å². The van der Waals surface area contributed by atoms with Crippen molar-refractivity contribution in [2.75, 3.05) is 0 Å². The van der Waals surface area contributed by atoms with Gasteiger partial charge in [0.1, 0.15) is 0 Å². The summed E-state index contributed by atoms with van der Waals surface area (Å²) in [5.41, 5.74) is 8.50. The second-order valence-electron chi connectivity index (χ2n) is 11.2. The predicted molar refractivity (Wildman–Crippen MR) is 187 cm³/mol. The van der Waals surface area contributed by atoms with Gasteiger partial charge in [0.15, 0.2) is 23.2 Å². The van der Waals surface area contributed by atoms with Crippen LogP contribution < -0.4 is 0 Å². The number of hydrogen-bond acceptors (Lipinski definition) is 4. The normalized spacial score (nSPS) is 10.9. The molecule has 8 rings (SSSR count). The van der Waals surface area contributed by atoms with Crippen LogP contribution in [0.1, 0.15) is 5.56 Å². The number of nitrogens with zero attached hydrogens (tertiary/aromatic N) is 6. The van der Waals surface area contributed by atoms with Crippen LogP contribution in [0.4, 0.5) is 5.69 Å². The van der Waals surface area contributed by atoms with E-state index in [1.807, 2.05) is 115 Å². The molecule has 0 atom stereocenters. The summed E-state index contributed by atoms with van der Waals surface area (Å²) in [5.74, 6) is 1.63. The summed E-state index contributed by atoms with van der Waals surface area (Å²) in [6.45, 7) is 7.93. The fourth-order valence-electron chi connectivity index (χ4n) is 6.05. The quantitative estimate of drug-likeness (QED) is 0.184. The third-order valence-electron chi connectivity index (χ3n) is 8.24. The minimum absolute atomic E-state index is 0.492. The van der Waals surface area contributed by atoms with E-state index in [4.69, 9.17) is 21.5 Å². The largest absolute Gasteiger partial charge is 0.309 e. The Balaban J connectivity index is 1.29. The molecule has 47 heavy (non-hydrogen) atoms. The van der Waals surface area contributed by atoms with Gasteiger partial charge in [-0.15, -0.1) is 0 Å².